The number of halogens is 2. The van der Waals surface area contributed by atoms with Crippen LogP contribution in [0.1, 0.15) is 11.1 Å². The average Bonchev–Trinajstić information content (AvgIpc) is 2.69. The third-order valence-corrected chi connectivity index (χ3v) is 5.16. The van der Waals surface area contributed by atoms with Gasteiger partial charge in [0.1, 0.15) is 12.2 Å². The van der Waals surface area contributed by atoms with Crippen LogP contribution in [-0.4, -0.2) is 36.0 Å². The van der Waals surface area contributed by atoms with Gasteiger partial charge in [0, 0.05) is 22.7 Å². The minimum absolute atomic E-state index is 0.0234. The van der Waals surface area contributed by atoms with Gasteiger partial charge in [0.2, 0.25) is 0 Å². The van der Waals surface area contributed by atoms with Crippen LogP contribution in [0.25, 0.3) is 6.08 Å². The van der Waals surface area contributed by atoms with Gasteiger partial charge in [-0.3, -0.25) is 19.8 Å². The Bertz CT molecular complexity index is 1040. The van der Waals surface area contributed by atoms with Gasteiger partial charge in [-0.1, -0.05) is 35.3 Å². The maximum Gasteiger partial charge on any atom is 0.265 e. The Labute approximate surface area is 183 Å². The molecule has 2 aromatic carbocycles. The van der Waals surface area contributed by atoms with Crippen molar-refractivity contribution in [2.24, 2.45) is 0 Å². The highest BCUT2D eigenvalue weighted by molar-refractivity contribution is 7.80. The monoisotopic (exact) mass is 450 g/mol. The van der Waals surface area contributed by atoms with Crippen LogP contribution in [0.5, 0.6) is 11.5 Å². The van der Waals surface area contributed by atoms with Gasteiger partial charge in [0.05, 0.1) is 7.11 Å². The van der Waals surface area contributed by atoms with Gasteiger partial charge in [0.25, 0.3) is 11.8 Å². The fourth-order valence-corrected chi connectivity index (χ4v) is 3.24. The number of carbonyl (C=O) groups excluding carboxylic acids is 2. The predicted molar refractivity (Wildman–Crippen MR) is 115 cm³/mol. The molecule has 0 aliphatic carbocycles. The first-order valence-corrected chi connectivity index (χ1v) is 9.56. The summed E-state index contributed by atoms with van der Waals surface area (Å²) >= 11 is 17.0. The van der Waals surface area contributed by atoms with Gasteiger partial charge in [-0.2, -0.15) is 0 Å². The highest BCUT2D eigenvalue weighted by Gasteiger charge is 2.30. The highest BCUT2D eigenvalue weighted by Crippen LogP contribution is 2.31. The molecule has 0 bridgehead atoms. The van der Waals surface area contributed by atoms with E-state index >= 15 is 0 Å². The molecule has 1 fully saturated rings. The van der Waals surface area contributed by atoms with Crippen molar-refractivity contribution in [1.29, 1.82) is 0 Å². The maximum atomic E-state index is 12.3. The lowest BCUT2D eigenvalue weighted by Crippen LogP contribution is -2.52. The van der Waals surface area contributed by atoms with Crippen molar-refractivity contribution < 1.29 is 19.1 Å². The molecule has 2 aromatic rings. The molecule has 1 N–H and O–H groups in total. The van der Waals surface area contributed by atoms with E-state index in [1.54, 1.807) is 36.4 Å². The lowest BCUT2D eigenvalue weighted by Gasteiger charge is -2.25. The number of hydrogen-bond donors (Lipinski definition) is 1. The molecule has 0 saturated carbocycles. The number of likely N-dealkylation sites (N-methyl/N-ethyl adjacent to an activating group) is 1. The van der Waals surface area contributed by atoms with Gasteiger partial charge < -0.3 is 9.47 Å². The Morgan fingerprint density at radius 3 is 2.59 bits per heavy atom. The molecule has 0 unspecified atom stereocenters. The Kier molecular flexibility index (Phi) is 6.42. The van der Waals surface area contributed by atoms with Crippen LogP contribution in [0.4, 0.5) is 0 Å². The molecule has 150 valence electrons. The van der Waals surface area contributed by atoms with E-state index in [1.807, 2.05) is 0 Å². The predicted octanol–water partition coefficient (Wildman–Crippen LogP) is 3.84. The van der Waals surface area contributed by atoms with Gasteiger partial charge in [-0.05, 0) is 48.1 Å². The number of methoxy groups -OCH3 is 1. The molecule has 0 atom stereocenters. The summed E-state index contributed by atoms with van der Waals surface area (Å²) in [5, 5.41) is 3.58. The van der Waals surface area contributed by atoms with Crippen LogP contribution in [0.15, 0.2) is 42.0 Å². The fraction of sp³-hybridized carbons (Fsp3) is 0.150. The van der Waals surface area contributed by atoms with Gasteiger partial charge >= 0.3 is 0 Å². The van der Waals surface area contributed by atoms with Crippen LogP contribution < -0.4 is 14.8 Å². The lowest BCUT2D eigenvalue weighted by molar-refractivity contribution is -0.128. The summed E-state index contributed by atoms with van der Waals surface area (Å²) in [4.78, 5) is 25.6. The van der Waals surface area contributed by atoms with Crippen molar-refractivity contribution >= 4 is 58.4 Å². The SMILES string of the molecule is COc1cc(/C=C2\C(=O)NC(=S)N(C)C2=O)ccc1OCc1ccc(Cl)cc1Cl. The average molecular weight is 451 g/mol. The third kappa shape index (κ3) is 4.70. The number of amides is 2. The second kappa shape index (κ2) is 8.82. The van der Waals surface area contributed by atoms with E-state index < -0.39 is 11.8 Å². The van der Waals surface area contributed by atoms with Crippen LogP contribution >= 0.6 is 35.4 Å². The van der Waals surface area contributed by atoms with Gasteiger partial charge in [0.15, 0.2) is 16.6 Å². The zero-order valence-corrected chi connectivity index (χ0v) is 17.8. The minimum Gasteiger partial charge on any atom is -0.493 e. The van der Waals surface area contributed by atoms with Crippen LogP contribution in [-0.2, 0) is 16.2 Å². The second-order valence-electron chi connectivity index (χ2n) is 6.12. The number of nitrogens with zero attached hydrogens (tertiary/aromatic N) is 1. The number of hydrogen-bond acceptors (Lipinski definition) is 5. The van der Waals surface area contributed by atoms with Gasteiger partial charge in [-0.25, -0.2) is 0 Å². The van der Waals surface area contributed by atoms with Crippen molar-refractivity contribution in [3.05, 3.63) is 63.1 Å². The number of nitrogens with one attached hydrogen (secondary N) is 1. The fourth-order valence-electron chi connectivity index (χ4n) is 2.60. The summed E-state index contributed by atoms with van der Waals surface area (Å²) in [7, 11) is 3.00. The molecule has 1 saturated heterocycles. The molecule has 0 aromatic heterocycles. The van der Waals surface area contributed by atoms with E-state index in [0.29, 0.717) is 27.1 Å². The standard InChI is InChI=1S/C20H16Cl2N2O4S/c1-24-19(26)14(18(25)23-20(24)29)7-11-3-6-16(17(8-11)27-2)28-10-12-4-5-13(21)9-15(12)22/h3-9H,10H2,1-2H3,(H,23,25,29)/b14-7+. The van der Waals surface area contributed by atoms with Crippen molar-refractivity contribution in [3.63, 3.8) is 0 Å². The maximum absolute atomic E-state index is 12.3. The Hall–Kier alpha value is -2.61. The van der Waals surface area contributed by atoms with E-state index in [-0.39, 0.29) is 17.3 Å². The Morgan fingerprint density at radius 2 is 1.90 bits per heavy atom. The van der Waals surface area contributed by atoms with E-state index in [9.17, 15) is 9.59 Å². The summed E-state index contributed by atoms with van der Waals surface area (Å²) in [6.07, 6.45) is 1.47. The zero-order chi connectivity index (χ0) is 21.1. The van der Waals surface area contributed by atoms with E-state index in [1.165, 1.54) is 25.1 Å². The quantitative estimate of drug-likeness (QED) is 0.425. The number of carbonyl (C=O) groups is 2. The molecular weight excluding hydrogens is 435 g/mol. The van der Waals surface area contributed by atoms with Crippen molar-refractivity contribution in [1.82, 2.24) is 10.2 Å². The molecule has 1 heterocycles. The molecule has 1 aliphatic rings. The number of ether oxygens (including phenoxy) is 2. The molecule has 1 aliphatic heterocycles. The van der Waals surface area contributed by atoms with Crippen molar-refractivity contribution in [2.45, 2.75) is 6.61 Å². The first-order chi connectivity index (χ1) is 13.8. The molecule has 2 amide bonds. The summed E-state index contributed by atoms with van der Waals surface area (Å²) in [5.74, 6) is -0.0967. The smallest absolute Gasteiger partial charge is 0.265 e. The first-order valence-electron chi connectivity index (χ1n) is 8.40. The molecule has 0 radical (unpaired) electrons. The molecule has 9 heteroatoms. The first kappa shape index (κ1) is 21.1. The Morgan fingerprint density at radius 1 is 1.14 bits per heavy atom. The number of benzene rings is 2. The molecule has 3 rings (SSSR count). The van der Waals surface area contributed by atoms with E-state index in [2.05, 4.69) is 5.32 Å². The van der Waals surface area contributed by atoms with Crippen LogP contribution in [0.2, 0.25) is 10.0 Å². The summed E-state index contributed by atoms with van der Waals surface area (Å²) in [5.41, 5.74) is 1.34. The van der Waals surface area contributed by atoms with E-state index in [0.717, 1.165) is 5.56 Å². The van der Waals surface area contributed by atoms with Crippen molar-refractivity contribution in [3.8, 4) is 11.5 Å². The number of thiocarbonyl (C=S) groups is 1. The minimum atomic E-state index is -0.547. The second-order valence-corrected chi connectivity index (χ2v) is 7.35. The molecule has 0 spiro atoms. The summed E-state index contributed by atoms with van der Waals surface area (Å²) < 4.78 is 11.2. The summed E-state index contributed by atoms with van der Waals surface area (Å²) in [6.45, 7) is 0.218. The lowest BCUT2D eigenvalue weighted by atomic mass is 10.1. The zero-order valence-electron chi connectivity index (χ0n) is 15.5. The molecular formula is C20H16Cl2N2O4S. The van der Waals surface area contributed by atoms with E-state index in [4.69, 9.17) is 44.9 Å². The normalized spacial score (nSPS) is 15.5. The summed E-state index contributed by atoms with van der Waals surface area (Å²) in [6, 6.07) is 10.2. The van der Waals surface area contributed by atoms with Crippen LogP contribution in [0.3, 0.4) is 0 Å². The van der Waals surface area contributed by atoms with Gasteiger partial charge in [-0.15, -0.1) is 0 Å². The molecule has 29 heavy (non-hydrogen) atoms. The topological polar surface area (TPSA) is 67.9 Å². The largest absolute Gasteiger partial charge is 0.493 e. The van der Waals surface area contributed by atoms with Crippen molar-refractivity contribution in [2.75, 3.05) is 14.2 Å². The highest BCUT2D eigenvalue weighted by atomic mass is 35.5. The third-order valence-electron chi connectivity index (χ3n) is 4.20. The van der Waals surface area contributed by atoms with Crippen LogP contribution in [0, 0.1) is 0 Å². The number of rotatable bonds is 5. The molecule has 6 nitrogen and oxygen atoms in total. The Balaban J connectivity index is 1.82.